The summed E-state index contributed by atoms with van der Waals surface area (Å²) in [5.74, 6) is 0.691. The Kier molecular flexibility index (Phi) is 6.34. The first-order valence-electron chi connectivity index (χ1n) is 9.90. The van der Waals surface area contributed by atoms with E-state index in [0.717, 1.165) is 22.0 Å². The van der Waals surface area contributed by atoms with Crippen LogP contribution in [0.2, 0.25) is 5.02 Å². The van der Waals surface area contributed by atoms with Gasteiger partial charge < -0.3 is 10.6 Å². The van der Waals surface area contributed by atoms with E-state index in [1.54, 1.807) is 6.20 Å². The fourth-order valence-electron chi connectivity index (χ4n) is 3.25. The van der Waals surface area contributed by atoms with Crippen molar-refractivity contribution in [2.24, 2.45) is 0 Å². The van der Waals surface area contributed by atoms with Crippen molar-refractivity contribution in [2.45, 2.75) is 26.9 Å². The number of rotatable bonds is 6. The molecule has 2 N–H and O–H groups in total. The van der Waals surface area contributed by atoms with Gasteiger partial charge in [0.1, 0.15) is 0 Å². The summed E-state index contributed by atoms with van der Waals surface area (Å²) in [6.45, 7) is 5.49. The lowest BCUT2D eigenvalue weighted by Gasteiger charge is -2.07. The van der Waals surface area contributed by atoms with Gasteiger partial charge in [0.2, 0.25) is 0 Å². The number of anilines is 2. The number of halogens is 1. The molecule has 0 unspecified atom stereocenters. The van der Waals surface area contributed by atoms with Crippen molar-refractivity contribution < 1.29 is 0 Å². The van der Waals surface area contributed by atoms with Gasteiger partial charge in [0.15, 0.2) is 10.9 Å². The molecule has 0 aliphatic carbocycles. The second kappa shape index (κ2) is 9.32. The lowest BCUT2D eigenvalue weighted by molar-refractivity contribution is 0.668. The van der Waals surface area contributed by atoms with Gasteiger partial charge in [0.05, 0.1) is 25.0 Å². The largest absolute Gasteiger partial charge is 0.330 e. The van der Waals surface area contributed by atoms with E-state index >= 15 is 0 Å². The normalized spacial score (nSPS) is 10.8. The summed E-state index contributed by atoms with van der Waals surface area (Å²) in [4.78, 5) is 0. The van der Waals surface area contributed by atoms with Crippen molar-refractivity contribution in [3.8, 4) is 0 Å². The molecule has 4 aromatic rings. The summed E-state index contributed by atoms with van der Waals surface area (Å²) in [6, 6.07) is 18.0. The molecule has 4 rings (SSSR count). The van der Waals surface area contributed by atoms with Crippen LogP contribution in [0, 0.1) is 13.8 Å². The second-order valence-electron chi connectivity index (χ2n) is 7.39. The Balaban J connectivity index is 1.35. The molecule has 0 bridgehead atoms. The quantitative estimate of drug-likeness (QED) is 0.392. The lowest BCUT2D eigenvalue weighted by atomic mass is 10.1. The van der Waals surface area contributed by atoms with Crippen LogP contribution in [-0.2, 0) is 13.1 Å². The number of benzene rings is 2. The molecule has 2 aromatic heterocycles. The average molecular weight is 451 g/mol. The zero-order valence-electron chi connectivity index (χ0n) is 17.3. The summed E-state index contributed by atoms with van der Waals surface area (Å²) in [6.07, 6.45) is 3.70. The third kappa shape index (κ3) is 5.51. The summed E-state index contributed by atoms with van der Waals surface area (Å²) in [5.41, 5.74) is 5.47. The van der Waals surface area contributed by atoms with Crippen LogP contribution in [0.5, 0.6) is 0 Å². The third-order valence-electron chi connectivity index (χ3n) is 4.95. The molecule has 0 aliphatic rings. The number of hydrogen-bond acceptors (Lipinski definition) is 3. The highest BCUT2D eigenvalue weighted by Gasteiger charge is 2.08. The molecule has 0 aliphatic heterocycles. The molecule has 0 spiro atoms. The number of aryl methyl sites for hydroxylation is 2. The van der Waals surface area contributed by atoms with Crippen LogP contribution in [0.25, 0.3) is 0 Å². The van der Waals surface area contributed by atoms with Crippen LogP contribution < -0.4 is 10.6 Å². The number of hydrogen-bond donors (Lipinski definition) is 2. The molecule has 0 saturated heterocycles. The predicted molar refractivity (Wildman–Crippen MR) is 130 cm³/mol. The van der Waals surface area contributed by atoms with Crippen molar-refractivity contribution in [3.05, 3.63) is 94.4 Å². The highest BCUT2D eigenvalue weighted by Crippen LogP contribution is 2.15. The van der Waals surface area contributed by atoms with Gasteiger partial charge in [-0.25, -0.2) is 0 Å². The van der Waals surface area contributed by atoms with E-state index in [0.29, 0.717) is 24.0 Å². The maximum absolute atomic E-state index is 5.96. The molecule has 2 heterocycles. The number of nitrogens with zero attached hydrogens (tertiary/aromatic N) is 4. The lowest BCUT2D eigenvalue weighted by Crippen LogP contribution is -2.19. The molecule has 31 heavy (non-hydrogen) atoms. The predicted octanol–water partition coefficient (Wildman–Crippen LogP) is 5.26. The fourth-order valence-corrected chi connectivity index (χ4v) is 3.60. The molecule has 0 amide bonds. The Morgan fingerprint density at radius 2 is 1.81 bits per heavy atom. The Morgan fingerprint density at radius 1 is 1.03 bits per heavy atom. The molecule has 0 atom stereocenters. The molecule has 6 nitrogen and oxygen atoms in total. The van der Waals surface area contributed by atoms with Gasteiger partial charge in [-0.15, -0.1) is 0 Å². The van der Waals surface area contributed by atoms with Crippen LogP contribution in [0.3, 0.4) is 0 Å². The van der Waals surface area contributed by atoms with Crippen LogP contribution >= 0.6 is 23.8 Å². The molecule has 0 radical (unpaired) electrons. The number of thiocarbonyl (C=S) groups is 1. The Morgan fingerprint density at radius 3 is 2.58 bits per heavy atom. The van der Waals surface area contributed by atoms with Crippen molar-refractivity contribution >= 4 is 40.4 Å². The van der Waals surface area contributed by atoms with Crippen molar-refractivity contribution in [1.29, 1.82) is 0 Å². The van der Waals surface area contributed by atoms with Crippen LogP contribution in [0.15, 0.2) is 67.0 Å². The zero-order valence-corrected chi connectivity index (χ0v) is 18.9. The van der Waals surface area contributed by atoms with E-state index in [1.807, 2.05) is 64.9 Å². The first-order valence-corrected chi connectivity index (χ1v) is 10.7. The fraction of sp³-hybridized carbons (Fsp3) is 0.174. The Bertz CT molecular complexity index is 1200. The Hall–Kier alpha value is -3.16. The van der Waals surface area contributed by atoms with E-state index < -0.39 is 0 Å². The molecule has 0 saturated carbocycles. The van der Waals surface area contributed by atoms with E-state index in [4.69, 9.17) is 23.8 Å². The van der Waals surface area contributed by atoms with Gasteiger partial charge in [0.25, 0.3) is 0 Å². The second-order valence-corrected chi connectivity index (χ2v) is 8.23. The summed E-state index contributed by atoms with van der Waals surface area (Å²) >= 11 is 11.4. The first kappa shape index (κ1) is 21.1. The van der Waals surface area contributed by atoms with E-state index in [1.165, 1.54) is 11.1 Å². The van der Waals surface area contributed by atoms with Gasteiger partial charge in [-0.3, -0.25) is 9.36 Å². The monoisotopic (exact) mass is 450 g/mol. The first-order chi connectivity index (χ1) is 15.0. The SMILES string of the molecule is Cc1ccccc1Cn1cc(NC(=S)Nc2cc(C)n(Cc3ccc(Cl)cc3)n2)cn1. The van der Waals surface area contributed by atoms with Crippen LogP contribution in [0.1, 0.15) is 22.4 Å². The minimum atomic E-state index is 0.464. The molecular formula is C23H23ClN6S. The topological polar surface area (TPSA) is 59.7 Å². The minimum Gasteiger partial charge on any atom is -0.330 e. The highest BCUT2D eigenvalue weighted by molar-refractivity contribution is 7.80. The summed E-state index contributed by atoms with van der Waals surface area (Å²) in [5, 5.41) is 16.5. The van der Waals surface area contributed by atoms with Crippen LogP contribution in [0.4, 0.5) is 11.5 Å². The molecular weight excluding hydrogens is 428 g/mol. The third-order valence-corrected chi connectivity index (χ3v) is 5.41. The van der Waals surface area contributed by atoms with Gasteiger partial charge in [-0.2, -0.15) is 10.2 Å². The average Bonchev–Trinajstić information content (AvgIpc) is 3.31. The van der Waals surface area contributed by atoms with Gasteiger partial charge in [0, 0.05) is 23.0 Å². The van der Waals surface area contributed by atoms with Crippen molar-refractivity contribution in [3.63, 3.8) is 0 Å². The van der Waals surface area contributed by atoms with E-state index in [-0.39, 0.29) is 0 Å². The van der Waals surface area contributed by atoms with E-state index in [2.05, 4.69) is 39.9 Å². The molecule has 158 valence electrons. The maximum Gasteiger partial charge on any atom is 0.176 e. The zero-order chi connectivity index (χ0) is 21.8. The standard InChI is InChI=1S/C23H23ClN6S/c1-16-5-3-4-6-19(16)14-29-15-21(12-25-29)26-23(31)27-22-11-17(2)30(28-22)13-18-7-9-20(24)10-8-18/h3-12,15H,13-14H2,1-2H3,(H2,26,27,28,31). The van der Waals surface area contributed by atoms with Gasteiger partial charge >= 0.3 is 0 Å². The minimum absolute atomic E-state index is 0.464. The van der Waals surface area contributed by atoms with Crippen molar-refractivity contribution in [1.82, 2.24) is 19.6 Å². The maximum atomic E-state index is 5.96. The number of aromatic nitrogens is 4. The molecule has 2 aromatic carbocycles. The van der Waals surface area contributed by atoms with E-state index in [9.17, 15) is 0 Å². The van der Waals surface area contributed by atoms with Crippen molar-refractivity contribution in [2.75, 3.05) is 10.6 Å². The molecule has 0 fully saturated rings. The molecule has 8 heteroatoms. The summed E-state index contributed by atoms with van der Waals surface area (Å²) < 4.78 is 3.81. The van der Waals surface area contributed by atoms with Crippen LogP contribution in [-0.4, -0.2) is 24.7 Å². The smallest absolute Gasteiger partial charge is 0.176 e. The number of nitrogens with one attached hydrogen (secondary N) is 2. The Labute approximate surface area is 191 Å². The van der Waals surface area contributed by atoms with Gasteiger partial charge in [-0.05, 0) is 54.9 Å². The summed E-state index contributed by atoms with van der Waals surface area (Å²) in [7, 11) is 0. The highest BCUT2D eigenvalue weighted by atomic mass is 35.5. The van der Waals surface area contributed by atoms with Gasteiger partial charge in [-0.1, -0.05) is 48.0 Å².